The molecule has 3 rings (SSSR count). The predicted octanol–water partition coefficient (Wildman–Crippen LogP) is 6.36. The van der Waals surface area contributed by atoms with Gasteiger partial charge in [-0.05, 0) is 49.7 Å². The maximum absolute atomic E-state index is 14.0. The lowest BCUT2D eigenvalue weighted by Crippen LogP contribution is -2.51. The molecule has 0 bridgehead atoms. The molecule has 208 valence electrons. The van der Waals surface area contributed by atoms with Crippen LogP contribution in [-0.2, 0) is 26.2 Å². The van der Waals surface area contributed by atoms with Crippen LogP contribution in [0.15, 0.2) is 65.6 Å². The molecular formula is C27H27Cl4N3O4S. The maximum atomic E-state index is 14.0. The Balaban J connectivity index is 2.14. The zero-order chi connectivity index (χ0) is 28.9. The zero-order valence-electron chi connectivity index (χ0n) is 21.4. The number of anilines is 1. The molecule has 0 aromatic heterocycles. The number of nitrogens with zero attached hydrogens (tertiary/aromatic N) is 2. The molecule has 0 unspecified atom stereocenters. The van der Waals surface area contributed by atoms with Crippen LogP contribution < -0.4 is 9.62 Å². The molecule has 39 heavy (non-hydrogen) atoms. The largest absolute Gasteiger partial charge is 0.357 e. The van der Waals surface area contributed by atoms with Gasteiger partial charge in [-0.25, -0.2) is 8.42 Å². The number of likely N-dealkylation sites (N-methyl/N-ethyl adjacent to an activating group) is 1. The Morgan fingerprint density at radius 2 is 1.46 bits per heavy atom. The first-order valence-electron chi connectivity index (χ1n) is 11.9. The summed E-state index contributed by atoms with van der Waals surface area (Å²) in [6.45, 7) is 2.76. The third-order valence-electron chi connectivity index (χ3n) is 6.11. The van der Waals surface area contributed by atoms with Crippen LogP contribution in [0.1, 0.15) is 24.5 Å². The van der Waals surface area contributed by atoms with E-state index in [1.807, 2.05) is 6.92 Å². The number of carbonyl (C=O) groups excluding carboxylic acids is 2. The van der Waals surface area contributed by atoms with Crippen LogP contribution >= 0.6 is 46.4 Å². The molecule has 0 heterocycles. The van der Waals surface area contributed by atoms with E-state index in [9.17, 15) is 18.0 Å². The maximum Gasteiger partial charge on any atom is 0.264 e. The van der Waals surface area contributed by atoms with Crippen molar-refractivity contribution in [2.24, 2.45) is 0 Å². The van der Waals surface area contributed by atoms with Crippen molar-refractivity contribution in [1.82, 2.24) is 10.2 Å². The van der Waals surface area contributed by atoms with Gasteiger partial charge in [0.15, 0.2) is 0 Å². The van der Waals surface area contributed by atoms with Gasteiger partial charge in [-0.15, -0.1) is 0 Å². The Hall–Kier alpha value is -2.49. The van der Waals surface area contributed by atoms with Crippen molar-refractivity contribution in [1.29, 1.82) is 0 Å². The van der Waals surface area contributed by atoms with Crippen molar-refractivity contribution < 1.29 is 18.0 Å². The molecule has 3 aromatic rings. The topological polar surface area (TPSA) is 86.8 Å². The van der Waals surface area contributed by atoms with Crippen molar-refractivity contribution in [2.75, 3.05) is 17.9 Å². The molecule has 2 amide bonds. The van der Waals surface area contributed by atoms with Crippen LogP contribution in [0.4, 0.5) is 5.69 Å². The average Bonchev–Trinajstić information content (AvgIpc) is 2.90. The summed E-state index contributed by atoms with van der Waals surface area (Å²) in [5, 5.41) is 3.23. The molecule has 0 aliphatic carbocycles. The normalized spacial score (nSPS) is 12.1. The number of sulfonamides is 1. The van der Waals surface area contributed by atoms with Crippen LogP contribution in [0, 0.1) is 6.92 Å². The van der Waals surface area contributed by atoms with E-state index in [2.05, 4.69) is 5.32 Å². The molecule has 0 spiro atoms. The van der Waals surface area contributed by atoms with Crippen molar-refractivity contribution in [3.05, 3.63) is 91.9 Å². The van der Waals surface area contributed by atoms with Gasteiger partial charge in [-0.1, -0.05) is 83.2 Å². The van der Waals surface area contributed by atoms with E-state index in [0.717, 1.165) is 9.87 Å². The number of halogens is 4. The smallest absolute Gasteiger partial charge is 0.264 e. The van der Waals surface area contributed by atoms with Crippen molar-refractivity contribution in [3.63, 3.8) is 0 Å². The molecule has 0 aliphatic rings. The number of hydrogen-bond acceptors (Lipinski definition) is 4. The summed E-state index contributed by atoms with van der Waals surface area (Å²) in [6, 6.07) is 14.7. The molecule has 12 heteroatoms. The van der Waals surface area contributed by atoms with E-state index in [0.29, 0.717) is 15.6 Å². The van der Waals surface area contributed by atoms with Crippen molar-refractivity contribution >= 4 is 73.9 Å². The summed E-state index contributed by atoms with van der Waals surface area (Å²) < 4.78 is 28.7. The third-order valence-corrected chi connectivity index (χ3v) is 9.40. The number of amides is 2. The Labute approximate surface area is 248 Å². The number of aryl methyl sites for hydroxylation is 1. The fraction of sp³-hybridized carbons (Fsp3) is 0.259. The lowest BCUT2D eigenvalue weighted by molar-refractivity contribution is -0.140. The number of carbonyl (C=O) groups is 2. The quantitative estimate of drug-likeness (QED) is 0.283. The van der Waals surface area contributed by atoms with Gasteiger partial charge in [-0.3, -0.25) is 13.9 Å². The van der Waals surface area contributed by atoms with Crippen LogP contribution in [0.2, 0.25) is 20.1 Å². The first-order chi connectivity index (χ1) is 18.4. The van der Waals surface area contributed by atoms with E-state index in [1.165, 1.54) is 42.3 Å². The van der Waals surface area contributed by atoms with Gasteiger partial charge in [0, 0.05) is 29.2 Å². The fourth-order valence-corrected chi connectivity index (χ4v) is 6.37. The fourth-order valence-electron chi connectivity index (χ4n) is 3.98. The second kappa shape index (κ2) is 13.2. The minimum Gasteiger partial charge on any atom is -0.357 e. The molecule has 0 saturated carbocycles. The Kier molecular flexibility index (Phi) is 10.5. The molecule has 7 nitrogen and oxygen atoms in total. The van der Waals surface area contributed by atoms with Gasteiger partial charge in [0.05, 0.1) is 20.6 Å². The highest BCUT2D eigenvalue weighted by Gasteiger charge is 2.35. The van der Waals surface area contributed by atoms with Gasteiger partial charge in [0.2, 0.25) is 11.8 Å². The molecule has 0 aliphatic heterocycles. The average molecular weight is 631 g/mol. The molecule has 1 N–H and O–H groups in total. The minimum absolute atomic E-state index is 0.0156. The highest BCUT2D eigenvalue weighted by molar-refractivity contribution is 7.92. The summed E-state index contributed by atoms with van der Waals surface area (Å²) in [5.74, 6) is -1.10. The van der Waals surface area contributed by atoms with E-state index in [-0.39, 0.29) is 33.6 Å². The second-order valence-corrected chi connectivity index (χ2v) is 12.1. The van der Waals surface area contributed by atoms with Crippen LogP contribution in [-0.4, -0.2) is 44.8 Å². The summed E-state index contributed by atoms with van der Waals surface area (Å²) in [4.78, 5) is 28.0. The lowest BCUT2D eigenvalue weighted by atomic mass is 10.1. The summed E-state index contributed by atoms with van der Waals surface area (Å²) in [6.07, 6.45) is 0.246. The first-order valence-corrected chi connectivity index (χ1v) is 14.8. The number of nitrogens with one attached hydrogen (secondary N) is 1. The van der Waals surface area contributed by atoms with Crippen LogP contribution in [0.3, 0.4) is 0 Å². The van der Waals surface area contributed by atoms with Gasteiger partial charge in [-0.2, -0.15) is 0 Å². The van der Waals surface area contributed by atoms with Crippen LogP contribution in [0.5, 0.6) is 0 Å². The van der Waals surface area contributed by atoms with Gasteiger partial charge in [0.1, 0.15) is 12.6 Å². The van der Waals surface area contributed by atoms with E-state index in [4.69, 9.17) is 46.4 Å². The Bertz CT molecular complexity index is 1450. The predicted molar refractivity (Wildman–Crippen MR) is 157 cm³/mol. The highest BCUT2D eigenvalue weighted by Crippen LogP contribution is 2.36. The SMILES string of the molecule is CC[C@H](C(=O)NC)N(Cc1c(Cl)cccc1Cl)C(=O)CN(c1cccc(Cl)c1Cl)S(=O)(=O)c1ccc(C)cc1. The molecular weight excluding hydrogens is 604 g/mol. The highest BCUT2D eigenvalue weighted by atomic mass is 35.5. The molecule has 0 radical (unpaired) electrons. The minimum atomic E-state index is -4.30. The standard InChI is InChI=1S/C27H27Cl4N3O4S/c1-4-23(27(36)32-3)33(15-19-20(28)7-5-8-21(19)29)25(35)16-34(24-10-6-9-22(30)26(24)31)39(37,38)18-13-11-17(2)12-14-18/h5-14,23H,4,15-16H2,1-3H3,(H,32,36)/t23-/m1/s1. The molecule has 1 atom stereocenters. The third kappa shape index (κ3) is 6.99. The molecule has 3 aromatic carbocycles. The summed E-state index contributed by atoms with van der Waals surface area (Å²) >= 11 is 25.4. The van der Waals surface area contributed by atoms with E-state index < -0.39 is 34.4 Å². The van der Waals surface area contributed by atoms with E-state index in [1.54, 1.807) is 37.3 Å². The first kappa shape index (κ1) is 31.0. The van der Waals surface area contributed by atoms with Crippen molar-refractivity contribution in [3.8, 4) is 0 Å². The van der Waals surface area contributed by atoms with Crippen LogP contribution in [0.25, 0.3) is 0 Å². The van der Waals surface area contributed by atoms with Crippen molar-refractivity contribution in [2.45, 2.75) is 37.8 Å². The Morgan fingerprint density at radius 1 is 0.897 bits per heavy atom. The number of hydrogen-bond donors (Lipinski definition) is 1. The summed E-state index contributed by atoms with van der Waals surface area (Å²) in [5.41, 5.74) is 1.29. The number of benzene rings is 3. The summed E-state index contributed by atoms with van der Waals surface area (Å²) in [7, 11) is -2.84. The monoisotopic (exact) mass is 629 g/mol. The lowest BCUT2D eigenvalue weighted by Gasteiger charge is -2.33. The van der Waals surface area contributed by atoms with E-state index >= 15 is 0 Å². The molecule has 0 saturated heterocycles. The second-order valence-electron chi connectivity index (χ2n) is 8.66. The zero-order valence-corrected chi connectivity index (χ0v) is 25.3. The van der Waals surface area contributed by atoms with Gasteiger partial charge in [0.25, 0.3) is 10.0 Å². The van der Waals surface area contributed by atoms with Gasteiger partial charge < -0.3 is 10.2 Å². The van der Waals surface area contributed by atoms with Gasteiger partial charge >= 0.3 is 0 Å². The molecule has 0 fully saturated rings. The Morgan fingerprint density at radius 3 is 2.03 bits per heavy atom. The number of rotatable bonds is 10.